The van der Waals surface area contributed by atoms with Crippen molar-refractivity contribution in [2.24, 2.45) is 11.5 Å². The van der Waals surface area contributed by atoms with Gasteiger partial charge in [0, 0.05) is 11.1 Å². The molecule has 0 aliphatic heterocycles. The molecule has 0 fully saturated rings. The fraction of sp³-hybridized carbons (Fsp3) is 0.0952. The minimum absolute atomic E-state index is 0.0470. The molecule has 1 aliphatic rings. The van der Waals surface area contributed by atoms with Gasteiger partial charge in [-0.3, -0.25) is 4.79 Å². The fourth-order valence-electron chi connectivity index (χ4n) is 2.86. The van der Waals surface area contributed by atoms with Gasteiger partial charge in [-0.15, -0.1) is 0 Å². The van der Waals surface area contributed by atoms with Crippen LogP contribution in [0.25, 0.3) is 11.1 Å². The molecule has 142 valence electrons. The number of carbonyl (C=O) groups is 3. The summed E-state index contributed by atoms with van der Waals surface area (Å²) in [5, 5.41) is 0. The van der Waals surface area contributed by atoms with E-state index in [9.17, 15) is 14.4 Å². The summed E-state index contributed by atoms with van der Waals surface area (Å²) >= 11 is 0. The van der Waals surface area contributed by atoms with Crippen LogP contribution in [0.15, 0.2) is 61.0 Å². The highest BCUT2D eigenvalue weighted by Gasteiger charge is 2.28. The first-order valence-electron chi connectivity index (χ1n) is 8.47. The van der Waals surface area contributed by atoms with E-state index < -0.39 is 11.9 Å². The van der Waals surface area contributed by atoms with E-state index in [2.05, 4.69) is 0 Å². The van der Waals surface area contributed by atoms with E-state index in [1.54, 1.807) is 24.3 Å². The van der Waals surface area contributed by atoms with Gasteiger partial charge in [-0.05, 0) is 59.9 Å². The van der Waals surface area contributed by atoms with Gasteiger partial charge in [0.2, 0.25) is 0 Å². The number of hydrogen-bond donors (Lipinski definition) is 2. The van der Waals surface area contributed by atoms with Crippen molar-refractivity contribution in [1.29, 1.82) is 0 Å². The lowest BCUT2D eigenvalue weighted by Crippen LogP contribution is -2.07. The molecule has 3 rings (SSSR count). The van der Waals surface area contributed by atoms with Crippen LogP contribution in [0.2, 0.25) is 0 Å². The molecule has 0 amide bonds. The molecule has 2 aromatic carbocycles. The van der Waals surface area contributed by atoms with Gasteiger partial charge in [-0.2, -0.15) is 0 Å². The predicted molar refractivity (Wildman–Crippen MR) is 103 cm³/mol. The third-order valence-electron chi connectivity index (χ3n) is 4.18. The summed E-state index contributed by atoms with van der Waals surface area (Å²) in [6.45, 7) is 0.0941. The molecule has 0 saturated carbocycles. The fourth-order valence-corrected chi connectivity index (χ4v) is 2.86. The standard InChI is InChI=1S/C21H18N2O5/c22-7-1-9-27-20(25)13-3-5-15-16-6-4-14(21(26)28-10-2-8-23)12-18(16)19(24)17(15)11-13/h1-8,11-12H,9-10,22-23H2. The zero-order valence-corrected chi connectivity index (χ0v) is 14.9. The highest BCUT2D eigenvalue weighted by molar-refractivity contribution is 6.22. The Labute approximate surface area is 161 Å². The summed E-state index contributed by atoms with van der Waals surface area (Å²) in [6, 6.07) is 9.57. The van der Waals surface area contributed by atoms with E-state index in [1.807, 2.05) is 0 Å². The van der Waals surface area contributed by atoms with E-state index >= 15 is 0 Å². The molecule has 28 heavy (non-hydrogen) atoms. The number of rotatable bonds is 6. The zero-order valence-electron chi connectivity index (χ0n) is 14.9. The summed E-state index contributed by atoms with van der Waals surface area (Å²) in [6.07, 6.45) is 5.56. The van der Waals surface area contributed by atoms with Crippen molar-refractivity contribution in [2.45, 2.75) is 0 Å². The number of carbonyl (C=O) groups excluding carboxylic acids is 3. The number of ether oxygens (including phenoxy) is 2. The maximum atomic E-state index is 12.8. The van der Waals surface area contributed by atoms with Crippen LogP contribution in [-0.4, -0.2) is 30.9 Å². The van der Waals surface area contributed by atoms with Crippen molar-refractivity contribution >= 4 is 17.7 Å². The Morgan fingerprint density at radius 3 is 1.57 bits per heavy atom. The van der Waals surface area contributed by atoms with Crippen LogP contribution in [0.4, 0.5) is 0 Å². The van der Waals surface area contributed by atoms with Gasteiger partial charge in [-0.1, -0.05) is 12.1 Å². The molecule has 1 aliphatic carbocycles. The Morgan fingerprint density at radius 2 is 1.18 bits per heavy atom. The average Bonchev–Trinajstić information content (AvgIpc) is 2.99. The molecule has 4 N–H and O–H groups in total. The molecule has 0 radical (unpaired) electrons. The molecule has 0 unspecified atom stereocenters. The predicted octanol–water partition coefficient (Wildman–Crippen LogP) is 2.16. The summed E-state index contributed by atoms with van der Waals surface area (Å²) in [4.78, 5) is 37.0. The van der Waals surface area contributed by atoms with Crippen molar-refractivity contribution in [3.05, 3.63) is 83.2 Å². The Hall–Kier alpha value is -3.87. The van der Waals surface area contributed by atoms with E-state index in [0.29, 0.717) is 22.3 Å². The van der Waals surface area contributed by atoms with Gasteiger partial charge in [0.15, 0.2) is 5.78 Å². The average molecular weight is 378 g/mol. The molecule has 0 saturated heterocycles. The molecule has 0 aromatic heterocycles. The van der Waals surface area contributed by atoms with Crippen molar-refractivity contribution < 1.29 is 23.9 Å². The quantitative estimate of drug-likeness (QED) is 0.630. The van der Waals surface area contributed by atoms with E-state index in [1.165, 1.54) is 36.7 Å². The Kier molecular flexibility index (Phi) is 5.55. The summed E-state index contributed by atoms with van der Waals surface area (Å²) in [5.41, 5.74) is 13.1. The number of esters is 2. The molecule has 0 atom stereocenters. The number of benzene rings is 2. The van der Waals surface area contributed by atoms with Crippen molar-refractivity contribution in [2.75, 3.05) is 13.2 Å². The Balaban J connectivity index is 1.85. The van der Waals surface area contributed by atoms with E-state index in [0.717, 1.165) is 0 Å². The SMILES string of the molecule is NC=CCOC(=O)c1ccc2c(c1)C(=O)c1cc(C(=O)OCC=CN)ccc1-2. The van der Waals surface area contributed by atoms with Crippen LogP contribution < -0.4 is 11.5 Å². The monoisotopic (exact) mass is 378 g/mol. The highest BCUT2D eigenvalue weighted by Crippen LogP contribution is 2.37. The topological polar surface area (TPSA) is 122 Å². The number of fused-ring (bicyclic) bond motifs is 3. The van der Waals surface area contributed by atoms with Gasteiger partial charge in [0.25, 0.3) is 0 Å². The van der Waals surface area contributed by atoms with Gasteiger partial charge in [-0.25, -0.2) is 9.59 Å². The number of hydrogen-bond acceptors (Lipinski definition) is 7. The minimum atomic E-state index is -0.554. The van der Waals surface area contributed by atoms with Crippen LogP contribution in [-0.2, 0) is 9.47 Å². The molecule has 0 spiro atoms. The van der Waals surface area contributed by atoms with E-state index in [4.69, 9.17) is 20.9 Å². The smallest absolute Gasteiger partial charge is 0.338 e. The lowest BCUT2D eigenvalue weighted by molar-refractivity contribution is 0.0540. The Bertz CT molecular complexity index is 928. The second kappa shape index (κ2) is 8.22. The number of nitrogens with two attached hydrogens (primary N) is 2. The second-order valence-electron chi connectivity index (χ2n) is 5.90. The van der Waals surface area contributed by atoms with E-state index in [-0.39, 0.29) is 30.1 Å². The third-order valence-corrected chi connectivity index (χ3v) is 4.18. The third kappa shape index (κ3) is 3.64. The largest absolute Gasteiger partial charge is 0.458 e. The second-order valence-corrected chi connectivity index (χ2v) is 5.90. The lowest BCUT2D eigenvalue weighted by Gasteiger charge is -2.05. The molecule has 7 nitrogen and oxygen atoms in total. The molecular weight excluding hydrogens is 360 g/mol. The molecule has 0 heterocycles. The first kappa shape index (κ1) is 18.9. The van der Waals surface area contributed by atoms with Gasteiger partial charge < -0.3 is 20.9 Å². The maximum Gasteiger partial charge on any atom is 0.338 e. The molecule has 7 heteroatoms. The molecule has 0 bridgehead atoms. The van der Waals surface area contributed by atoms with Crippen LogP contribution in [0, 0.1) is 0 Å². The van der Waals surface area contributed by atoms with Crippen LogP contribution in [0.1, 0.15) is 36.6 Å². The summed E-state index contributed by atoms with van der Waals surface area (Å²) < 4.78 is 10.1. The van der Waals surface area contributed by atoms with Gasteiger partial charge in [0.1, 0.15) is 13.2 Å². The first-order chi connectivity index (χ1) is 13.6. The van der Waals surface area contributed by atoms with Crippen LogP contribution in [0.3, 0.4) is 0 Å². The normalized spacial score (nSPS) is 12.2. The summed E-state index contributed by atoms with van der Waals surface area (Å²) in [5.74, 6) is -1.37. The Morgan fingerprint density at radius 1 is 0.750 bits per heavy atom. The van der Waals surface area contributed by atoms with Crippen molar-refractivity contribution in [1.82, 2.24) is 0 Å². The molecule has 2 aromatic rings. The van der Waals surface area contributed by atoms with Gasteiger partial charge in [0.05, 0.1) is 11.1 Å². The lowest BCUT2D eigenvalue weighted by atomic mass is 10.0. The van der Waals surface area contributed by atoms with Gasteiger partial charge >= 0.3 is 11.9 Å². The number of ketones is 1. The minimum Gasteiger partial charge on any atom is -0.458 e. The molecular formula is C21H18N2O5. The highest BCUT2D eigenvalue weighted by atomic mass is 16.5. The summed E-state index contributed by atoms with van der Waals surface area (Å²) in [7, 11) is 0. The van der Waals surface area contributed by atoms with Crippen molar-refractivity contribution in [3.63, 3.8) is 0 Å². The van der Waals surface area contributed by atoms with Crippen LogP contribution >= 0.6 is 0 Å². The van der Waals surface area contributed by atoms with Crippen LogP contribution in [0.5, 0.6) is 0 Å². The van der Waals surface area contributed by atoms with Crippen molar-refractivity contribution in [3.8, 4) is 11.1 Å². The zero-order chi connectivity index (χ0) is 20.1. The first-order valence-corrected chi connectivity index (χ1v) is 8.47. The maximum absolute atomic E-state index is 12.8.